The van der Waals surface area contributed by atoms with Gasteiger partial charge in [-0.15, -0.1) is 20.4 Å². The van der Waals surface area contributed by atoms with Crippen LogP contribution in [0.1, 0.15) is 12.7 Å². The van der Waals surface area contributed by atoms with Crippen molar-refractivity contribution < 1.29 is 0 Å². The minimum Gasteiger partial charge on any atom is -0.131 e. The number of rotatable bonds is 1. The molecule has 0 aliphatic heterocycles. The lowest BCUT2D eigenvalue weighted by Gasteiger charge is -1.88. The van der Waals surface area contributed by atoms with Crippen LogP contribution in [0.2, 0.25) is 0 Å². The summed E-state index contributed by atoms with van der Waals surface area (Å²) in [5, 5.41) is 14.7. The van der Waals surface area contributed by atoms with Crippen LogP contribution >= 0.6 is 15.9 Å². The van der Waals surface area contributed by atoms with E-state index >= 15 is 0 Å². The van der Waals surface area contributed by atoms with Crippen molar-refractivity contribution in [1.82, 2.24) is 20.4 Å². The first-order chi connectivity index (χ1) is 4.33. The molecule has 0 saturated heterocycles. The van der Waals surface area contributed by atoms with Gasteiger partial charge >= 0.3 is 0 Å². The fourth-order valence-electron chi connectivity index (χ4n) is 0.379. The summed E-state index contributed by atoms with van der Waals surface area (Å²) < 4.78 is 0.430. The molecule has 0 aliphatic carbocycles. The van der Waals surface area contributed by atoms with Crippen molar-refractivity contribution in [2.45, 2.75) is 13.3 Å². The van der Waals surface area contributed by atoms with Crippen LogP contribution in [-0.2, 0) is 6.42 Å². The number of hydrogen-bond acceptors (Lipinski definition) is 4. The molecule has 0 amide bonds. The molecule has 48 valence electrons. The molecule has 0 aromatic carbocycles. The Morgan fingerprint density at radius 3 is 2.22 bits per heavy atom. The summed E-state index contributed by atoms with van der Waals surface area (Å²) in [6, 6.07) is 0. The van der Waals surface area contributed by atoms with E-state index < -0.39 is 0 Å². The van der Waals surface area contributed by atoms with Gasteiger partial charge in [0.25, 0.3) is 0 Å². The third-order valence-corrected chi connectivity index (χ3v) is 1.13. The van der Waals surface area contributed by atoms with Crippen LogP contribution in [0.4, 0.5) is 0 Å². The monoisotopic (exact) mass is 188 g/mol. The van der Waals surface area contributed by atoms with E-state index in [0.717, 1.165) is 6.42 Å². The van der Waals surface area contributed by atoms with Crippen molar-refractivity contribution in [3.63, 3.8) is 0 Å². The van der Waals surface area contributed by atoms with Gasteiger partial charge in [0.05, 0.1) is 0 Å². The Balaban J connectivity index is 2.88. The topological polar surface area (TPSA) is 51.6 Å². The van der Waals surface area contributed by atoms with E-state index in [1.54, 1.807) is 0 Å². The summed E-state index contributed by atoms with van der Waals surface area (Å²) in [6.07, 6.45) is 0.771. The average molecular weight is 189 g/mol. The van der Waals surface area contributed by atoms with Crippen molar-refractivity contribution in [2.24, 2.45) is 0 Å². The summed E-state index contributed by atoms with van der Waals surface area (Å²) in [5.41, 5.74) is 0. The first-order valence-electron chi connectivity index (χ1n) is 2.54. The Hall–Kier alpha value is -0.580. The maximum Gasteiger partial charge on any atom is 0.238 e. The number of aryl methyl sites for hydroxylation is 1. The Morgan fingerprint density at radius 1 is 1.22 bits per heavy atom. The van der Waals surface area contributed by atoms with E-state index in [1.165, 1.54) is 0 Å². The molecule has 0 unspecified atom stereocenters. The first-order valence-corrected chi connectivity index (χ1v) is 3.34. The maximum absolute atomic E-state index is 3.73. The average Bonchev–Trinajstić information content (AvgIpc) is 1.90. The standard InChI is InChI=1S/C4H5BrN4/c1-2-3-6-8-4(5)9-7-3/h2H2,1H3. The van der Waals surface area contributed by atoms with E-state index in [1.807, 2.05) is 6.92 Å². The molecule has 0 spiro atoms. The Bertz CT molecular complexity index is 184. The Labute approximate surface area is 60.8 Å². The largest absolute Gasteiger partial charge is 0.238 e. The van der Waals surface area contributed by atoms with Gasteiger partial charge in [-0.3, -0.25) is 0 Å². The highest BCUT2D eigenvalue weighted by atomic mass is 79.9. The summed E-state index contributed by atoms with van der Waals surface area (Å²) in [7, 11) is 0. The number of hydrogen-bond donors (Lipinski definition) is 0. The number of halogens is 1. The zero-order valence-corrected chi connectivity index (χ0v) is 6.46. The highest BCUT2D eigenvalue weighted by Gasteiger charge is 1.92. The fourth-order valence-corrected chi connectivity index (χ4v) is 0.538. The molecule has 0 fully saturated rings. The van der Waals surface area contributed by atoms with Gasteiger partial charge in [0.15, 0.2) is 5.82 Å². The minimum absolute atomic E-state index is 0.430. The summed E-state index contributed by atoms with van der Waals surface area (Å²) >= 11 is 3.03. The van der Waals surface area contributed by atoms with Crippen molar-refractivity contribution in [3.8, 4) is 0 Å². The van der Waals surface area contributed by atoms with Gasteiger partial charge in [-0.2, -0.15) is 0 Å². The predicted molar refractivity (Wildman–Crippen MR) is 34.7 cm³/mol. The second-order valence-electron chi connectivity index (χ2n) is 1.44. The van der Waals surface area contributed by atoms with E-state index in [9.17, 15) is 0 Å². The molecule has 5 heteroatoms. The van der Waals surface area contributed by atoms with Gasteiger partial charge in [0.2, 0.25) is 4.73 Å². The van der Waals surface area contributed by atoms with Crippen LogP contribution in [0, 0.1) is 0 Å². The lowest BCUT2D eigenvalue weighted by Crippen LogP contribution is -1.98. The van der Waals surface area contributed by atoms with Crippen molar-refractivity contribution >= 4 is 15.9 Å². The molecule has 4 nitrogen and oxygen atoms in total. The smallest absolute Gasteiger partial charge is 0.131 e. The lowest BCUT2D eigenvalue weighted by molar-refractivity contribution is 0.747. The zero-order valence-electron chi connectivity index (χ0n) is 4.87. The molecular formula is C4H5BrN4. The van der Waals surface area contributed by atoms with E-state index in [-0.39, 0.29) is 0 Å². The number of aromatic nitrogens is 4. The summed E-state index contributed by atoms with van der Waals surface area (Å²) in [5.74, 6) is 0.665. The second kappa shape index (κ2) is 2.82. The molecule has 9 heavy (non-hydrogen) atoms. The molecule has 1 heterocycles. The van der Waals surface area contributed by atoms with E-state index in [0.29, 0.717) is 10.6 Å². The van der Waals surface area contributed by atoms with Crippen LogP contribution in [-0.4, -0.2) is 20.4 Å². The van der Waals surface area contributed by atoms with Crippen LogP contribution < -0.4 is 0 Å². The molecule has 0 saturated carbocycles. The van der Waals surface area contributed by atoms with Crippen molar-refractivity contribution in [2.75, 3.05) is 0 Å². The van der Waals surface area contributed by atoms with Gasteiger partial charge in [0, 0.05) is 6.42 Å². The highest BCUT2D eigenvalue weighted by Crippen LogP contribution is 1.94. The summed E-state index contributed by atoms with van der Waals surface area (Å²) in [6.45, 7) is 1.95. The highest BCUT2D eigenvalue weighted by molar-refractivity contribution is 9.10. The summed E-state index contributed by atoms with van der Waals surface area (Å²) in [4.78, 5) is 0. The van der Waals surface area contributed by atoms with Crippen LogP contribution in [0.3, 0.4) is 0 Å². The molecule has 0 N–H and O–H groups in total. The maximum atomic E-state index is 3.73. The van der Waals surface area contributed by atoms with Crippen LogP contribution in [0.15, 0.2) is 4.73 Å². The molecule has 0 aliphatic rings. The molecular weight excluding hydrogens is 184 g/mol. The van der Waals surface area contributed by atoms with Crippen LogP contribution in [0.25, 0.3) is 0 Å². The van der Waals surface area contributed by atoms with E-state index in [2.05, 4.69) is 36.3 Å². The zero-order chi connectivity index (χ0) is 6.69. The number of nitrogens with zero attached hydrogens (tertiary/aromatic N) is 4. The van der Waals surface area contributed by atoms with Gasteiger partial charge in [-0.1, -0.05) is 6.92 Å². The van der Waals surface area contributed by atoms with Gasteiger partial charge in [-0.25, -0.2) is 0 Å². The van der Waals surface area contributed by atoms with E-state index in [4.69, 9.17) is 0 Å². The van der Waals surface area contributed by atoms with Crippen molar-refractivity contribution in [3.05, 3.63) is 10.6 Å². The predicted octanol–water partition coefficient (Wildman–Crippen LogP) is 0.592. The first kappa shape index (κ1) is 6.54. The molecule has 0 atom stereocenters. The van der Waals surface area contributed by atoms with Gasteiger partial charge in [-0.05, 0) is 15.9 Å². The molecule has 1 aromatic rings. The van der Waals surface area contributed by atoms with Gasteiger partial charge in [0.1, 0.15) is 0 Å². The SMILES string of the molecule is CCc1nnc(Br)nn1. The molecule has 0 bridgehead atoms. The normalized spacial score (nSPS) is 9.56. The second-order valence-corrected chi connectivity index (χ2v) is 2.15. The molecule has 0 radical (unpaired) electrons. The van der Waals surface area contributed by atoms with Crippen molar-refractivity contribution in [1.29, 1.82) is 0 Å². The van der Waals surface area contributed by atoms with Gasteiger partial charge < -0.3 is 0 Å². The third kappa shape index (κ3) is 1.67. The fraction of sp³-hybridized carbons (Fsp3) is 0.500. The molecule has 1 rings (SSSR count). The minimum atomic E-state index is 0.430. The van der Waals surface area contributed by atoms with Crippen LogP contribution in [0.5, 0.6) is 0 Å². The quantitative estimate of drug-likeness (QED) is 0.648. The Kier molecular flexibility index (Phi) is 2.05. The third-order valence-electron chi connectivity index (χ3n) is 0.812. The lowest BCUT2D eigenvalue weighted by atomic mass is 10.5. The molecule has 1 aromatic heterocycles. The Morgan fingerprint density at radius 2 is 1.78 bits per heavy atom.